The molecule has 1 saturated heterocycles. The third-order valence-corrected chi connectivity index (χ3v) is 2.63. The summed E-state index contributed by atoms with van der Waals surface area (Å²) >= 11 is 0. The van der Waals surface area contributed by atoms with Gasteiger partial charge in [-0.3, -0.25) is 4.68 Å². The van der Waals surface area contributed by atoms with Crippen LogP contribution >= 0.6 is 0 Å². The van der Waals surface area contributed by atoms with Gasteiger partial charge in [-0.05, 0) is 19.8 Å². The Hall–Kier alpha value is -1.03. The molecule has 0 unspecified atom stereocenters. The first kappa shape index (κ1) is 9.52. The molecule has 78 valence electrons. The van der Waals surface area contributed by atoms with Crippen LogP contribution in [0.2, 0.25) is 0 Å². The highest BCUT2D eigenvalue weighted by Crippen LogP contribution is 2.23. The first-order valence-corrected chi connectivity index (χ1v) is 4.98. The minimum absolute atomic E-state index is 0.478. The number of nitrogens with zero attached hydrogens (tertiary/aromatic N) is 2. The van der Waals surface area contributed by atoms with Crippen molar-refractivity contribution in [2.24, 2.45) is 0 Å². The van der Waals surface area contributed by atoms with Crippen molar-refractivity contribution in [2.45, 2.75) is 25.8 Å². The summed E-state index contributed by atoms with van der Waals surface area (Å²) in [6.07, 6.45) is 4.14. The van der Waals surface area contributed by atoms with Crippen molar-refractivity contribution in [2.75, 3.05) is 20.3 Å². The summed E-state index contributed by atoms with van der Waals surface area (Å²) in [5, 5.41) is 4.39. The fourth-order valence-electron chi connectivity index (χ4n) is 1.80. The van der Waals surface area contributed by atoms with Crippen LogP contribution in [0, 0.1) is 6.92 Å². The van der Waals surface area contributed by atoms with Gasteiger partial charge in [0.05, 0.1) is 13.2 Å². The molecule has 14 heavy (non-hydrogen) atoms. The Labute approximate surface area is 83.8 Å². The van der Waals surface area contributed by atoms with E-state index in [1.807, 2.05) is 11.6 Å². The SMILES string of the molecule is COc1nn(C2CCOCC2)cc1C. The summed E-state index contributed by atoms with van der Waals surface area (Å²) in [7, 11) is 1.66. The average Bonchev–Trinajstić information content (AvgIpc) is 2.61. The highest BCUT2D eigenvalue weighted by Gasteiger charge is 2.17. The van der Waals surface area contributed by atoms with Gasteiger partial charge in [-0.2, -0.15) is 0 Å². The third kappa shape index (κ3) is 1.75. The summed E-state index contributed by atoms with van der Waals surface area (Å²) in [4.78, 5) is 0. The molecule has 1 aromatic heterocycles. The molecule has 0 bridgehead atoms. The van der Waals surface area contributed by atoms with Crippen LogP contribution in [0.3, 0.4) is 0 Å². The quantitative estimate of drug-likeness (QED) is 0.720. The van der Waals surface area contributed by atoms with E-state index in [2.05, 4.69) is 11.3 Å². The van der Waals surface area contributed by atoms with Crippen LogP contribution < -0.4 is 4.74 Å². The van der Waals surface area contributed by atoms with Gasteiger partial charge in [0.1, 0.15) is 0 Å². The van der Waals surface area contributed by atoms with Gasteiger partial charge in [0, 0.05) is 25.0 Å². The number of aromatic nitrogens is 2. The maximum atomic E-state index is 5.31. The minimum atomic E-state index is 0.478. The van der Waals surface area contributed by atoms with E-state index in [1.54, 1.807) is 7.11 Å². The Bertz CT molecular complexity index is 303. The van der Waals surface area contributed by atoms with Crippen molar-refractivity contribution in [3.63, 3.8) is 0 Å². The molecular weight excluding hydrogens is 180 g/mol. The summed E-state index contributed by atoms with van der Waals surface area (Å²) < 4.78 is 12.5. The van der Waals surface area contributed by atoms with Crippen LogP contribution in [0.5, 0.6) is 5.88 Å². The van der Waals surface area contributed by atoms with Gasteiger partial charge >= 0.3 is 0 Å². The van der Waals surface area contributed by atoms with Gasteiger partial charge in [0.15, 0.2) is 0 Å². The highest BCUT2D eigenvalue weighted by atomic mass is 16.5. The van der Waals surface area contributed by atoms with E-state index in [-0.39, 0.29) is 0 Å². The van der Waals surface area contributed by atoms with Crippen LogP contribution in [0.4, 0.5) is 0 Å². The zero-order chi connectivity index (χ0) is 9.97. The van der Waals surface area contributed by atoms with Crippen LogP contribution in [0.1, 0.15) is 24.4 Å². The molecule has 1 aliphatic rings. The monoisotopic (exact) mass is 196 g/mol. The van der Waals surface area contributed by atoms with Crippen molar-refractivity contribution in [1.82, 2.24) is 9.78 Å². The molecule has 0 aromatic carbocycles. The molecule has 0 radical (unpaired) electrons. The lowest BCUT2D eigenvalue weighted by Crippen LogP contribution is -2.19. The predicted molar refractivity (Wildman–Crippen MR) is 52.6 cm³/mol. The van der Waals surface area contributed by atoms with E-state index in [0.717, 1.165) is 37.5 Å². The standard InChI is InChI=1S/C10H16N2O2/c1-8-7-12(11-10(8)13-2)9-3-5-14-6-4-9/h7,9H,3-6H2,1-2H3. The minimum Gasteiger partial charge on any atom is -0.480 e. The third-order valence-electron chi connectivity index (χ3n) is 2.63. The summed E-state index contributed by atoms with van der Waals surface area (Å²) in [6.45, 7) is 3.69. The fraction of sp³-hybridized carbons (Fsp3) is 0.700. The number of methoxy groups -OCH3 is 1. The number of ether oxygens (including phenoxy) is 2. The second-order valence-corrected chi connectivity index (χ2v) is 3.64. The highest BCUT2D eigenvalue weighted by molar-refractivity contribution is 5.21. The largest absolute Gasteiger partial charge is 0.480 e. The summed E-state index contributed by atoms with van der Waals surface area (Å²) in [5.74, 6) is 0.733. The number of rotatable bonds is 2. The lowest BCUT2D eigenvalue weighted by Gasteiger charge is -2.22. The smallest absolute Gasteiger partial charge is 0.235 e. The van der Waals surface area contributed by atoms with E-state index in [9.17, 15) is 0 Å². The summed E-state index contributed by atoms with van der Waals surface area (Å²) in [6, 6.07) is 0.478. The first-order chi connectivity index (χ1) is 6.81. The van der Waals surface area contributed by atoms with Gasteiger partial charge in [0.25, 0.3) is 0 Å². The van der Waals surface area contributed by atoms with Crippen molar-refractivity contribution >= 4 is 0 Å². The van der Waals surface area contributed by atoms with E-state index in [1.165, 1.54) is 0 Å². The number of aryl methyl sites for hydroxylation is 1. The van der Waals surface area contributed by atoms with Gasteiger partial charge < -0.3 is 9.47 Å². The second kappa shape index (κ2) is 4.00. The molecule has 1 fully saturated rings. The van der Waals surface area contributed by atoms with Gasteiger partial charge in [-0.1, -0.05) is 0 Å². The zero-order valence-corrected chi connectivity index (χ0v) is 8.69. The van der Waals surface area contributed by atoms with Crippen LogP contribution in [0.25, 0.3) is 0 Å². The first-order valence-electron chi connectivity index (χ1n) is 4.98. The van der Waals surface area contributed by atoms with Crippen molar-refractivity contribution < 1.29 is 9.47 Å². The molecule has 0 spiro atoms. The normalized spacial score (nSPS) is 18.4. The van der Waals surface area contributed by atoms with Crippen molar-refractivity contribution in [3.05, 3.63) is 11.8 Å². The van der Waals surface area contributed by atoms with E-state index in [0.29, 0.717) is 6.04 Å². The molecule has 0 aliphatic carbocycles. The van der Waals surface area contributed by atoms with Crippen molar-refractivity contribution in [1.29, 1.82) is 0 Å². The van der Waals surface area contributed by atoms with Gasteiger partial charge in [-0.15, -0.1) is 5.10 Å². The van der Waals surface area contributed by atoms with Crippen LogP contribution in [-0.2, 0) is 4.74 Å². The number of hydrogen-bond acceptors (Lipinski definition) is 3. The van der Waals surface area contributed by atoms with Crippen LogP contribution in [0.15, 0.2) is 6.20 Å². The molecule has 4 nitrogen and oxygen atoms in total. The lowest BCUT2D eigenvalue weighted by molar-refractivity contribution is 0.0659. The lowest BCUT2D eigenvalue weighted by atomic mass is 10.1. The summed E-state index contributed by atoms with van der Waals surface area (Å²) in [5.41, 5.74) is 1.10. The molecule has 4 heteroatoms. The number of hydrogen-bond donors (Lipinski definition) is 0. The Morgan fingerprint density at radius 3 is 2.79 bits per heavy atom. The Balaban J connectivity index is 2.14. The van der Waals surface area contributed by atoms with E-state index in [4.69, 9.17) is 9.47 Å². The van der Waals surface area contributed by atoms with Gasteiger partial charge in [-0.25, -0.2) is 0 Å². The molecule has 0 N–H and O–H groups in total. The Morgan fingerprint density at radius 2 is 2.21 bits per heavy atom. The second-order valence-electron chi connectivity index (χ2n) is 3.64. The average molecular weight is 196 g/mol. The van der Waals surface area contributed by atoms with Gasteiger partial charge in [0.2, 0.25) is 5.88 Å². The zero-order valence-electron chi connectivity index (χ0n) is 8.69. The van der Waals surface area contributed by atoms with E-state index < -0.39 is 0 Å². The van der Waals surface area contributed by atoms with Crippen LogP contribution in [-0.4, -0.2) is 30.1 Å². The Kier molecular flexibility index (Phi) is 2.72. The predicted octanol–water partition coefficient (Wildman–Crippen LogP) is 1.55. The molecule has 1 aromatic rings. The molecule has 0 amide bonds. The topological polar surface area (TPSA) is 36.3 Å². The molecule has 2 heterocycles. The molecule has 0 saturated carbocycles. The van der Waals surface area contributed by atoms with E-state index >= 15 is 0 Å². The molecule has 1 aliphatic heterocycles. The maximum Gasteiger partial charge on any atom is 0.235 e. The van der Waals surface area contributed by atoms with Crippen molar-refractivity contribution in [3.8, 4) is 5.88 Å². The molecule has 0 atom stereocenters. The Morgan fingerprint density at radius 1 is 1.50 bits per heavy atom. The molecular formula is C10H16N2O2. The molecule has 2 rings (SSSR count). The fourth-order valence-corrected chi connectivity index (χ4v) is 1.80. The maximum absolute atomic E-state index is 5.31.